The van der Waals surface area contributed by atoms with E-state index < -0.39 is 47.1 Å². The second-order valence-corrected chi connectivity index (χ2v) is 12.2. The van der Waals surface area contributed by atoms with Crippen LogP contribution in [0.5, 0.6) is 0 Å². The number of fused-ring (bicyclic) bond motifs is 1. The number of alkyl halides is 4. The second kappa shape index (κ2) is 10.6. The SMILES string of the molecule is Cc1nonc1C(=O)N[C@H](c1cn2ncc(C(NC(=O)CC3CC(F)(F)C3)C3(C#N)CC3)cc2n1)C1CCC(F)(F)CC1. The Hall–Kier alpha value is -4.09. The van der Waals surface area contributed by atoms with Gasteiger partial charge in [0.2, 0.25) is 17.8 Å². The Morgan fingerprint density at radius 3 is 2.44 bits per heavy atom. The first-order valence-corrected chi connectivity index (χ1v) is 14.3. The van der Waals surface area contributed by atoms with E-state index in [1.54, 1.807) is 19.2 Å². The molecule has 3 saturated carbocycles. The van der Waals surface area contributed by atoms with Crippen LogP contribution in [0.1, 0.15) is 97.3 Å². The molecular formula is C28H30F4N8O3. The Bertz CT molecular complexity index is 1580. The van der Waals surface area contributed by atoms with Gasteiger partial charge in [-0.25, -0.2) is 31.7 Å². The average molecular weight is 603 g/mol. The van der Waals surface area contributed by atoms with E-state index in [2.05, 4.69) is 41.7 Å². The summed E-state index contributed by atoms with van der Waals surface area (Å²) >= 11 is 0. The third-order valence-corrected chi connectivity index (χ3v) is 8.92. The first kappa shape index (κ1) is 29.0. The van der Waals surface area contributed by atoms with Crippen molar-refractivity contribution >= 4 is 17.5 Å². The monoisotopic (exact) mass is 602 g/mol. The molecule has 3 aliphatic carbocycles. The average Bonchev–Trinajstić information content (AvgIpc) is 3.42. The quantitative estimate of drug-likeness (QED) is 0.337. The van der Waals surface area contributed by atoms with E-state index in [9.17, 15) is 32.4 Å². The van der Waals surface area contributed by atoms with Crippen LogP contribution in [0.2, 0.25) is 0 Å². The molecular weight excluding hydrogens is 572 g/mol. The van der Waals surface area contributed by atoms with Crippen LogP contribution >= 0.6 is 0 Å². The van der Waals surface area contributed by atoms with Crippen LogP contribution in [0.15, 0.2) is 23.1 Å². The van der Waals surface area contributed by atoms with Gasteiger partial charge >= 0.3 is 0 Å². The lowest BCUT2D eigenvalue weighted by Gasteiger charge is -2.35. The molecule has 15 heteroatoms. The Labute approximate surface area is 243 Å². The maximum Gasteiger partial charge on any atom is 0.276 e. The van der Waals surface area contributed by atoms with Crippen LogP contribution in [-0.2, 0) is 4.79 Å². The van der Waals surface area contributed by atoms with E-state index >= 15 is 0 Å². The second-order valence-electron chi connectivity index (χ2n) is 12.2. The molecule has 2 atom stereocenters. The molecule has 1 unspecified atom stereocenters. The Balaban J connectivity index is 1.27. The van der Waals surface area contributed by atoms with Gasteiger partial charge in [-0.2, -0.15) is 10.4 Å². The Morgan fingerprint density at radius 2 is 1.84 bits per heavy atom. The van der Waals surface area contributed by atoms with Crippen LogP contribution in [0, 0.1) is 35.5 Å². The molecule has 0 aliphatic heterocycles. The molecule has 0 spiro atoms. The predicted molar refractivity (Wildman–Crippen MR) is 140 cm³/mol. The summed E-state index contributed by atoms with van der Waals surface area (Å²) in [7, 11) is 0. The van der Waals surface area contributed by atoms with E-state index in [1.165, 1.54) is 10.7 Å². The van der Waals surface area contributed by atoms with Gasteiger partial charge in [0, 0.05) is 32.1 Å². The maximum atomic E-state index is 14.0. The molecule has 2 N–H and O–H groups in total. The van der Waals surface area contributed by atoms with Gasteiger partial charge in [-0.15, -0.1) is 0 Å². The number of halogens is 4. The lowest BCUT2D eigenvalue weighted by atomic mass is 9.79. The number of aryl methyl sites for hydroxylation is 1. The summed E-state index contributed by atoms with van der Waals surface area (Å²) < 4.78 is 60.6. The molecule has 43 heavy (non-hydrogen) atoms. The van der Waals surface area contributed by atoms with Crippen molar-refractivity contribution in [2.45, 2.75) is 88.6 Å². The van der Waals surface area contributed by atoms with Gasteiger partial charge in [0.05, 0.1) is 41.7 Å². The molecule has 3 aliphatic rings. The number of hydrogen-bond donors (Lipinski definition) is 2. The van der Waals surface area contributed by atoms with Gasteiger partial charge in [0.25, 0.3) is 5.91 Å². The highest BCUT2D eigenvalue weighted by Crippen LogP contribution is 2.54. The molecule has 3 aromatic heterocycles. The number of rotatable bonds is 9. The first-order chi connectivity index (χ1) is 20.4. The smallest absolute Gasteiger partial charge is 0.276 e. The fraction of sp³-hybridized carbons (Fsp3) is 0.607. The van der Waals surface area contributed by atoms with Crippen molar-refractivity contribution in [1.29, 1.82) is 5.26 Å². The van der Waals surface area contributed by atoms with Crippen LogP contribution in [0.25, 0.3) is 5.65 Å². The molecule has 2 amide bonds. The van der Waals surface area contributed by atoms with E-state index in [4.69, 9.17) is 0 Å². The molecule has 6 rings (SSSR count). The number of nitrogens with one attached hydrogen (secondary N) is 2. The summed E-state index contributed by atoms with van der Waals surface area (Å²) in [5.41, 5.74) is 0.693. The minimum atomic E-state index is -2.77. The summed E-state index contributed by atoms with van der Waals surface area (Å²) in [6.45, 7) is 1.56. The molecule has 0 radical (unpaired) electrons. The Kier molecular flexibility index (Phi) is 7.13. The molecule has 0 bridgehead atoms. The number of nitrogens with zero attached hydrogens (tertiary/aromatic N) is 6. The molecule has 3 fully saturated rings. The van der Waals surface area contributed by atoms with E-state index in [0.717, 1.165) is 0 Å². The third-order valence-electron chi connectivity index (χ3n) is 8.92. The summed E-state index contributed by atoms with van der Waals surface area (Å²) in [6, 6.07) is 2.51. The van der Waals surface area contributed by atoms with E-state index in [1.807, 2.05) is 0 Å². The molecule has 3 heterocycles. The fourth-order valence-electron chi connectivity index (χ4n) is 6.25. The zero-order chi connectivity index (χ0) is 30.6. The van der Waals surface area contributed by atoms with Crippen molar-refractivity contribution in [2.24, 2.45) is 17.3 Å². The topological polar surface area (TPSA) is 151 Å². The summed E-state index contributed by atoms with van der Waals surface area (Å²) in [6.07, 6.45) is 3.18. The van der Waals surface area contributed by atoms with Crippen molar-refractivity contribution < 1.29 is 31.8 Å². The number of imidazole rings is 1. The normalized spacial score (nSPS) is 22.2. The van der Waals surface area contributed by atoms with Gasteiger partial charge in [0.1, 0.15) is 5.69 Å². The highest BCUT2D eigenvalue weighted by molar-refractivity contribution is 5.93. The van der Waals surface area contributed by atoms with Gasteiger partial charge < -0.3 is 10.6 Å². The first-order valence-electron chi connectivity index (χ1n) is 14.3. The van der Waals surface area contributed by atoms with Gasteiger partial charge in [-0.1, -0.05) is 5.16 Å². The van der Waals surface area contributed by atoms with E-state index in [0.29, 0.717) is 29.7 Å². The summed E-state index contributed by atoms with van der Waals surface area (Å²) in [4.78, 5) is 30.5. The molecule has 0 aromatic carbocycles. The molecule has 0 saturated heterocycles. The number of hydrogen-bond acceptors (Lipinski definition) is 8. The number of aromatic nitrogens is 5. The van der Waals surface area contributed by atoms with Crippen molar-refractivity contribution in [3.8, 4) is 6.07 Å². The summed E-state index contributed by atoms with van der Waals surface area (Å²) in [5.74, 6) is -7.25. The molecule has 228 valence electrons. The summed E-state index contributed by atoms with van der Waals surface area (Å²) in [5, 5.41) is 27.4. The lowest BCUT2D eigenvalue weighted by molar-refractivity contribution is -0.134. The third kappa shape index (κ3) is 5.92. The van der Waals surface area contributed by atoms with Crippen LogP contribution in [-0.4, -0.2) is 48.6 Å². The zero-order valence-corrected chi connectivity index (χ0v) is 23.3. The Morgan fingerprint density at radius 1 is 1.12 bits per heavy atom. The van der Waals surface area contributed by atoms with Crippen molar-refractivity contribution in [1.82, 2.24) is 35.5 Å². The van der Waals surface area contributed by atoms with Crippen LogP contribution in [0.4, 0.5) is 17.6 Å². The van der Waals surface area contributed by atoms with Crippen LogP contribution in [0.3, 0.4) is 0 Å². The standard InChI is InChI=1S/C28H30F4N8O3/c1-15-22(39-43-38-15)25(42)37-23(17-2-4-27(29,30)5-3-17)19-13-40-20(35-19)9-18(12-34-40)24(26(14-33)6-7-26)36-21(41)8-16-10-28(31,32)11-16/h9,12-13,16-17,23-24H,2-8,10-11H2,1H3,(H,36,41)(H,37,42)/t23-,24?/m0/s1. The highest BCUT2D eigenvalue weighted by Gasteiger charge is 2.52. The van der Waals surface area contributed by atoms with E-state index in [-0.39, 0.29) is 62.3 Å². The van der Waals surface area contributed by atoms with Crippen molar-refractivity contribution in [3.05, 3.63) is 41.1 Å². The number of amides is 2. The number of carbonyl (C=O) groups is 2. The fourth-order valence-corrected chi connectivity index (χ4v) is 6.25. The van der Waals surface area contributed by atoms with Gasteiger partial charge in [-0.3, -0.25) is 9.59 Å². The van der Waals surface area contributed by atoms with Crippen molar-refractivity contribution in [2.75, 3.05) is 0 Å². The molecule has 11 nitrogen and oxygen atoms in total. The number of nitriles is 1. The minimum absolute atomic E-state index is 0.0225. The maximum absolute atomic E-state index is 14.0. The zero-order valence-electron chi connectivity index (χ0n) is 23.3. The van der Waals surface area contributed by atoms with Gasteiger partial charge in [-0.05, 0) is 61.2 Å². The highest BCUT2D eigenvalue weighted by atomic mass is 19.3. The van der Waals surface area contributed by atoms with Crippen LogP contribution < -0.4 is 10.6 Å². The largest absolute Gasteiger partial charge is 0.348 e. The lowest BCUT2D eigenvalue weighted by Crippen LogP contribution is -2.40. The van der Waals surface area contributed by atoms with Gasteiger partial charge in [0.15, 0.2) is 11.3 Å². The minimum Gasteiger partial charge on any atom is -0.348 e. The molecule has 3 aromatic rings. The number of carbonyl (C=O) groups excluding carboxylic acids is 2. The predicted octanol–water partition coefficient (Wildman–Crippen LogP) is 4.61. The van der Waals surface area contributed by atoms with Crippen molar-refractivity contribution in [3.63, 3.8) is 0 Å².